The van der Waals surface area contributed by atoms with Crippen molar-refractivity contribution < 1.29 is 74.2 Å². The van der Waals surface area contributed by atoms with E-state index in [9.17, 15) is 18.1 Å². The minimum Gasteiger partial charge on any atom is -0.872 e. The van der Waals surface area contributed by atoms with E-state index in [1.807, 2.05) is 0 Å². The quantitative estimate of drug-likeness (QED) is 0.236. The number of unbranched alkanes of at least 4 members (excludes halogenated alkanes) is 10. The standard InChI is InChI=1S/C25H36O5S.K/c1-2-3-4-5-6-7-8-9-10-11-12-15-21-20-22(26)18-19-23(21)30-24-16-13-14-17-25(24)31(27,28)29;/h13-14,16-20,26H,2-12,15H2,1H3,(H,27,28,29);/q;+1/p-1. The summed E-state index contributed by atoms with van der Waals surface area (Å²) in [5, 5.41) is 11.8. The summed E-state index contributed by atoms with van der Waals surface area (Å²) in [6.45, 7) is 2.24. The monoisotopic (exact) mass is 486 g/mol. The molecule has 2 aromatic carbocycles. The summed E-state index contributed by atoms with van der Waals surface area (Å²) < 4.78 is 38.4. The van der Waals surface area contributed by atoms with Crippen LogP contribution in [0.4, 0.5) is 0 Å². The van der Waals surface area contributed by atoms with Crippen LogP contribution in [-0.4, -0.2) is 13.0 Å². The Morgan fingerprint density at radius 1 is 0.812 bits per heavy atom. The Morgan fingerprint density at radius 3 is 1.97 bits per heavy atom. The van der Waals surface area contributed by atoms with Gasteiger partial charge in [-0.05, 0) is 36.6 Å². The molecule has 0 radical (unpaired) electrons. The van der Waals surface area contributed by atoms with Gasteiger partial charge in [-0.3, -0.25) is 4.55 Å². The Morgan fingerprint density at radius 2 is 1.38 bits per heavy atom. The second-order valence-electron chi connectivity index (χ2n) is 8.08. The first kappa shape index (κ1) is 29.6. The van der Waals surface area contributed by atoms with Crippen LogP contribution in [0.1, 0.15) is 83.1 Å². The van der Waals surface area contributed by atoms with Gasteiger partial charge in [0, 0.05) is 0 Å². The van der Waals surface area contributed by atoms with Crippen LogP contribution in [-0.2, 0) is 16.5 Å². The van der Waals surface area contributed by atoms with Gasteiger partial charge in [0.2, 0.25) is 0 Å². The summed E-state index contributed by atoms with van der Waals surface area (Å²) in [7, 11) is -4.40. The molecular weight excluding hydrogens is 451 g/mol. The summed E-state index contributed by atoms with van der Waals surface area (Å²) in [4.78, 5) is -0.290. The first-order chi connectivity index (χ1) is 14.9. The molecule has 0 aliphatic heterocycles. The molecule has 0 atom stereocenters. The fraction of sp³-hybridized carbons (Fsp3) is 0.520. The number of rotatable bonds is 15. The van der Waals surface area contributed by atoms with Crippen molar-refractivity contribution in [2.45, 2.75) is 88.9 Å². The molecule has 0 fully saturated rings. The molecule has 5 nitrogen and oxygen atoms in total. The molecule has 7 heteroatoms. The smallest absolute Gasteiger partial charge is 0.872 e. The summed E-state index contributed by atoms with van der Waals surface area (Å²) in [6, 6.07) is 10.4. The van der Waals surface area contributed by atoms with E-state index >= 15 is 0 Å². The van der Waals surface area contributed by atoms with E-state index in [2.05, 4.69) is 6.92 Å². The van der Waals surface area contributed by atoms with Crippen LogP contribution in [0.15, 0.2) is 47.4 Å². The predicted octanol–water partition coefficient (Wildman–Crippen LogP) is 3.66. The number of benzene rings is 2. The van der Waals surface area contributed by atoms with E-state index in [1.54, 1.807) is 18.2 Å². The third-order valence-electron chi connectivity index (χ3n) is 5.43. The molecule has 0 unspecified atom stereocenters. The maximum Gasteiger partial charge on any atom is 1.00 e. The Hall–Kier alpha value is -0.414. The average molecular weight is 487 g/mol. The van der Waals surface area contributed by atoms with E-state index in [4.69, 9.17) is 4.74 Å². The molecule has 0 spiro atoms. The number of para-hydroxylation sites is 1. The van der Waals surface area contributed by atoms with Crippen molar-refractivity contribution in [3.05, 3.63) is 48.0 Å². The molecular formula is C25H35KO5S. The van der Waals surface area contributed by atoms with Gasteiger partial charge in [0.1, 0.15) is 16.4 Å². The summed E-state index contributed by atoms with van der Waals surface area (Å²) >= 11 is 0. The molecule has 0 amide bonds. The summed E-state index contributed by atoms with van der Waals surface area (Å²) in [6.07, 6.45) is 14.4. The normalized spacial score (nSPS) is 11.2. The molecule has 0 aromatic heterocycles. The van der Waals surface area contributed by atoms with Crippen molar-refractivity contribution in [2.75, 3.05) is 0 Å². The zero-order chi connectivity index (χ0) is 22.5. The van der Waals surface area contributed by atoms with Crippen LogP contribution in [0.3, 0.4) is 0 Å². The van der Waals surface area contributed by atoms with E-state index in [-0.39, 0.29) is 67.8 Å². The Balaban J connectivity index is 0.00000512. The summed E-state index contributed by atoms with van der Waals surface area (Å²) in [5.74, 6) is 0.389. The van der Waals surface area contributed by atoms with Gasteiger partial charge in [-0.2, -0.15) is 8.42 Å². The van der Waals surface area contributed by atoms with E-state index in [0.29, 0.717) is 12.2 Å². The zero-order valence-corrected chi connectivity index (χ0v) is 23.5. The van der Waals surface area contributed by atoms with Gasteiger partial charge in [-0.15, -0.1) is 5.75 Å². The maximum atomic E-state index is 11.8. The molecule has 0 aliphatic rings. The van der Waals surface area contributed by atoms with Crippen molar-refractivity contribution in [3.63, 3.8) is 0 Å². The number of ether oxygens (including phenoxy) is 1. The van der Waals surface area contributed by atoms with Crippen LogP contribution in [0, 0.1) is 0 Å². The van der Waals surface area contributed by atoms with Crippen molar-refractivity contribution >= 4 is 10.1 Å². The van der Waals surface area contributed by atoms with Gasteiger partial charge in [0.15, 0.2) is 0 Å². The average Bonchev–Trinajstić information content (AvgIpc) is 2.73. The zero-order valence-electron chi connectivity index (χ0n) is 19.5. The number of hydrogen-bond donors (Lipinski definition) is 1. The number of hydrogen-bond acceptors (Lipinski definition) is 4. The molecule has 0 saturated heterocycles. The SMILES string of the molecule is CCCCCCCCCCCCCc1cc([O-])ccc1Oc1ccccc1S(=O)(=O)O.[K+]. The van der Waals surface area contributed by atoms with Crippen LogP contribution in [0.5, 0.6) is 17.2 Å². The first-order valence-corrected chi connectivity index (χ1v) is 12.9. The van der Waals surface area contributed by atoms with Crippen LogP contribution < -0.4 is 61.2 Å². The van der Waals surface area contributed by atoms with Crippen molar-refractivity contribution in [1.29, 1.82) is 0 Å². The third kappa shape index (κ3) is 11.1. The van der Waals surface area contributed by atoms with Gasteiger partial charge in [0.05, 0.1) is 0 Å². The molecule has 0 bridgehead atoms. The van der Waals surface area contributed by atoms with Gasteiger partial charge in [0.25, 0.3) is 10.1 Å². The maximum absolute atomic E-state index is 11.8. The molecule has 2 aromatic rings. The second kappa shape index (κ2) is 16.3. The van der Waals surface area contributed by atoms with Crippen molar-refractivity contribution in [1.82, 2.24) is 0 Å². The van der Waals surface area contributed by atoms with Gasteiger partial charge in [-0.25, -0.2) is 0 Å². The van der Waals surface area contributed by atoms with Crippen molar-refractivity contribution in [2.24, 2.45) is 0 Å². The van der Waals surface area contributed by atoms with Crippen LogP contribution in [0.25, 0.3) is 0 Å². The molecule has 32 heavy (non-hydrogen) atoms. The molecule has 172 valence electrons. The third-order valence-corrected chi connectivity index (χ3v) is 6.32. The van der Waals surface area contributed by atoms with E-state index < -0.39 is 10.1 Å². The predicted molar refractivity (Wildman–Crippen MR) is 122 cm³/mol. The van der Waals surface area contributed by atoms with E-state index in [0.717, 1.165) is 18.4 Å². The molecule has 2 rings (SSSR count). The van der Waals surface area contributed by atoms with E-state index in [1.165, 1.54) is 82.1 Å². The minimum atomic E-state index is -4.40. The van der Waals surface area contributed by atoms with Gasteiger partial charge in [-0.1, -0.05) is 95.4 Å². The van der Waals surface area contributed by atoms with Gasteiger partial charge >= 0.3 is 51.4 Å². The molecule has 0 heterocycles. The fourth-order valence-electron chi connectivity index (χ4n) is 3.70. The van der Waals surface area contributed by atoms with Gasteiger partial charge < -0.3 is 9.84 Å². The topological polar surface area (TPSA) is 86.7 Å². The van der Waals surface area contributed by atoms with Crippen molar-refractivity contribution in [3.8, 4) is 17.2 Å². The Kier molecular flexibility index (Phi) is 15.0. The summed E-state index contributed by atoms with van der Waals surface area (Å²) in [5.41, 5.74) is 0.758. The Bertz CT molecular complexity index is 899. The fourth-order valence-corrected chi connectivity index (χ4v) is 4.31. The minimum absolute atomic E-state index is 0. The van der Waals surface area contributed by atoms with Crippen LogP contribution in [0.2, 0.25) is 0 Å². The molecule has 1 N–H and O–H groups in total. The van der Waals surface area contributed by atoms with Crippen LogP contribution >= 0.6 is 0 Å². The number of aryl methyl sites for hydroxylation is 1. The molecule has 0 aliphatic carbocycles. The first-order valence-electron chi connectivity index (χ1n) is 11.5. The Labute approximate surface area is 236 Å². The molecule has 0 saturated carbocycles. The second-order valence-corrected chi connectivity index (χ2v) is 9.47. The largest absolute Gasteiger partial charge is 1.00 e.